The summed E-state index contributed by atoms with van der Waals surface area (Å²) in [4.78, 5) is 10.4. The normalized spacial score (nSPS) is 15.1. The van der Waals surface area contributed by atoms with Gasteiger partial charge < -0.3 is 10.8 Å². The zero-order chi connectivity index (χ0) is 11.0. The largest absolute Gasteiger partial charge is 0.481 e. The average Bonchev–Trinajstić information content (AvgIpc) is 2.11. The molecule has 0 aliphatic heterocycles. The highest BCUT2D eigenvalue weighted by Gasteiger charge is 2.15. The van der Waals surface area contributed by atoms with Crippen LogP contribution in [0.25, 0.3) is 0 Å². The first-order valence-electron chi connectivity index (χ1n) is 5.55. The van der Waals surface area contributed by atoms with Crippen molar-refractivity contribution >= 4 is 5.97 Å². The first-order chi connectivity index (χ1) is 6.57. The Morgan fingerprint density at radius 1 is 1.36 bits per heavy atom. The van der Waals surface area contributed by atoms with E-state index in [1.165, 1.54) is 25.7 Å². The van der Waals surface area contributed by atoms with Gasteiger partial charge in [0.25, 0.3) is 0 Å². The Morgan fingerprint density at radius 2 is 2.00 bits per heavy atom. The topological polar surface area (TPSA) is 63.3 Å². The highest BCUT2D eigenvalue weighted by Crippen LogP contribution is 2.14. The van der Waals surface area contributed by atoms with Gasteiger partial charge in [-0.3, -0.25) is 4.79 Å². The van der Waals surface area contributed by atoms with Crippen LogP contribution in [0.1, 0.15) is 52.4 Å². The van der Waals surface area contributed by atoms with Gasteiger partial charge >= 0.3 is 5.97 Å². The molecule has 84 valence electrons. The summed E-state index contributed by atoms with van der Waals surface area (Å²) in [5.41, 5.74) is 5.75. The van der Waals surface area contributed by atoms with Gasteiger partial charge in [-0.1, -0.05) is 39.5 Å². The Morgan fingerprint density at radius 3 is 2.50 bits per heavy atom. The van der Waals surface area contributed by atoms with Gasteiger partial charge in [0.2, 0.25) is 0 Å². The minimum Gasteiger partial charge on any atom is -0.481 e. The second-order valence-electron chi connectivity index (χ2n) is 4.09. The van der Waals surface area contributed by atoms with Gasteiger partial charge in [0.05, 0.1) is 6.42 Å². The minimum atomic E-state index is -0.794. The Hall–Kier alpha value is -0.570. The molecule has 2 atom stereocenters. The number of carbonyl (C=O) groups is 1. The maximum absolute atomic E-state index is 10.4. The Kier molecular flexibility index (Phi) is 7.48. The number of nitrogens with two attached hydrogens (primary N) is 1. The van der Waals surface area contributed by atoms with Gasteiger partial charge in [0, 0.05) is 6.04 Å². The van der Waals surface area contributed by atoms with Crippen LogP contribution in [-0.2, 0) is 4.79 Å². The minimum absolute atomic E-state index is 0.0922. The van der Waals surface area contributed by atoms with Crippen LogP contribution in [0.4, 0.5) is 0 Å². The standard InChI is InChI=1S/C11H23NO2/c1-3-4-5-6-7-9(2)10(12)8-11(13)14/h9-10H,3-8,12H2,1-2H3,(H,13,14)/t9-,10-/m1/s1. The van der Waals surface area contributed by atoms with Crippen molar-refractivity contribution in [3.8, 4) is 0 Å². The van der Waals surface area contributed by atoms with Crippen LogP contribution in [0.3, 0.4) is 0 Å². The van der Waals surface area contributed by atoms with Crippen molar-refractivity contribution < 1.29 is 9.90 Å². The van der Waals surface area contributed by atoms with Gasteiger partial charge in [-0.05, 0) is 12.3 Å². The summed E-state index contributed by atoms with van der Waals surface area (Å²) in [6.45, 7) is 4.22. The van der Waals surface area contributed by atoms with E-state index >= 15 is 0 Å². The van der Waals surface area contributed by atoms with Crippen LogP contribution < -0.4 is 5.73 Å². The molecule has 3 N–H and O–H groups in total. The molecule has 0 rings (SSSR count). The van der Waals surface area contributed by atoms with Gasteiger partial charge in [-0.2, -0.15) is 0 Å². The van der Waals surface area contributed by atoms with Crippen LogP contribution in [0.2, 0.25) is 0 Å². The van der Waals surface area contributed by atoms with Crippen LogP contribution in [0.15, 0.2) is 0 Å². The quantitative estimate of drug-likeness (QED) is 0.593. The van der Waals surface area contributed by atoms with E-state index in [-0.39, 0.29) is 12.5 Å². The van der Waals surface area contributed by atoms with E-state index < -0.39 is 5.97 Å². The summed E-state index contributed by atoms with van der Waals surface area (Å²) in [6.07, 6.45) is 6.04. The molecular formula is C11H23NO2. The molecule has 0 aromatic heterocycles. The summed E-state index contributed by atoms with van der Waals surface area (Å²) >= 11 is 0. The first kappa shape index (κ1) is 13.4. The lowest BCUT2D eigenvalue weighted by Gasteiger charge is -2.17. The first-order valence-corrected chi connectivity index (χ1v) is 5.55. The predicted molar refractivity (Wildman–Crippen MR) is 58.2 cm³/mol. The second kappa shape index (κ2) is 7.80. The van der Waals surface area contributed by atoms with Crippen molar-refractivity contribution in [3.05, 3.63) is 0 Å². The maximum Gasteiger partial charge on any atom is 0.304 e. The predicted octanol–water partition coefficient (Wildman–Crippen LogP) is 2.39. The fourth-order valence-electron chi connectivity index (χ4n) is 1.51. The average molecular weight is 201 g/mol. The van der Waals surface area contributed by atoms with Crippen molar-refractivity contribution in [2.45, 2.75) is 58.4 Å². The number of aliphatic carboxylic acids is 1. The zero-order valence-electron chi connectivity index (χ0n) is 9.33. The smallest absolute Gasteiger partial charge is 0.304 e. The molecule has 14 heavy (non-hydrogen) atoms. The zero-order valence-corrected chi connectivity index (χ0v) is 9.33. The molecule has 0 radical (unpaired) electrons. The summed E-state index contributed by atoms with van der Waals surface area (Å²) in [7, 11) is 0. The fraction of sp³-hybridized carbons (Fsp3) is 0.909. The SMILES string of the molecule is CCCCCC[C@@H](C)[C@H](N)CC(=O)O. The van der Waals surface area contributed by atoms with Crippen LogP contribution in [0, 0.1) is 5.92 Å². The van der Waals surface area contributed by atoms with Crippen LogP contribution in [0.5, 0.6) is 0 Å². The highest BCUT2D eigenvalue weighted by molar-refractivity contribution is 5.67. The molecule has 0 amide bonds. The third-order valence-electron chi connectivity index (χ3n) is 2.65. The lowest BCUT2D eigenvalue weighted by atomic mass is 9.94. The molecule has 0 aromatic carbocycles. The van der Waals surface area contributed by atoms with E-state index in [2.05, 4.69) is 6.92 Å². The maximum atomic E-state index is 10.4. The lowest BCUT2D eigenvalue weighted by Crippen LogP contribution is -2.30. The number of carboxylic acids is 1. The Bertz CT molecular complexity index is 159. The van der Waals surface area contributed by atoms with Gasteiger partial charge in [0.15, 0.2) is 0 Å². The second-order valence-corrected chi connectivity index (χ2v) is 4.09. The molecule has 0 unspecified atom stereocenters. The number of hydrogen-bond acceptors (Lipinski definition) is 2. The van der Waals surface area contributed by atoms with Gasteiger partial charge in [-0.25, -0.2) is 0 Å². The van der Waals surface area contributed by atoms with Crippen molar-refractivity contribution in [2.24, 2.45) is 11.7 Å². The summed E-state index contributed by atoms with van der Waals surface area (Å²) < 4.78 is 0. The number of unbranched alkanes of at least 4 members (excludes halogenated alkanes) is 3. The molecule has 0 aromatic rings. The third kappa shape index (κ3) is 6.89. The third-order valence-corrected chi connectivity index (χ3v) is 2.65. The van der Waals surface area contributed by atoms with Crippen molar-refractivity contribution in [2.75, 3.05) is 0 Å². The molecule has 0 aliphatic rings. The molecule has 0 aliphatic carbocycles. The van der Waals surface area contributed by atoms with E-state index in [1.807, 2.05) is 6.92 Å². The summed E-state index contributed by atoms with van der Waals surface area (Å²) in [5.74, 6) is -0.471. The molecule has 3 heteroatoms. The Balaban J connectivity index is 3.51. The monoisotopic (exact) mass is 201 g/mol. The molecule has 0 saturated heterocycles. The highest BCUT2D eigenvalue weighted by atomic mass is 16.4. The summed E-state index contributed by atoms with van der Waals surface area (Å²) in [6, 6.07) is -0.186. The summed E-state index contributed by atoms with van der Waals surface area (Å²) in [5, 5.41) is 8.56. The van der Waals surface area contributed by atoms with Crippen molar-refractivity contribution in [1.82, 2.24) is 0 Å². The van der Waals surface area contributed by atoms with E-state index in [9.17, 15) is 4.79 Å². The molecule has 0 bridgehead atoms. The Labute approximate surface area is 86.7 Å². The van der Waals surface area contributed by atoms with Crippen molar-refractivity contribution in [3.63, 3.8) is 0 Å². The van der Waals surface area contributed by atoms with Crippen LogP contribution in [-0.4, -0.2) is 17.1 Å². The molecule has 0 fully saturated rings. The van der Waals surface area contributed by atoms with E-state index in [0.29, 0.717) is 5.92 Å². The number of carboxylic acid groups (broad SMARTS) is 1. The lowest BCUT2D eigenvalue weighted by molar-refractivity contribution is -0.137. The molecule has 0 heterocycles. The fourth-order valence-corrected chi connectivity index (χ4v) is 1.51. The number of hydrogen-bond donors (Lipinski definition) is 2. The van der Waals surface area contributed by atoms with Gasteiger partial charge in [0.1, 0.15) is 0 Å². The molecule has 3 nitrogen and oxygen atoms in total. The molecule has 0 spiro atoms. The molecular weight excluding hydrogens is 178 g/mol. The number of rotatable bonds is 8. The van der Waals surface area contributed by atoms with E-state index in [4.69, 9.17) is 10.8 Å². The van der Waals surface area contributed by atoms with Crippen molar-refractivity contribution in [1.29, 1.82) is 0 Å². The van der Waals surface area contributed by atoms with Gasteiger partial charge in [-0.15, -0.1) is 0 Å². The van der Waals surface area contributed by atoms with E-state index in [1.54, 1.807) is 0 Å². The molecule has 0 saturated carbocycles. The van der Waals surface area contributed by atoms with E-state index in [0.717, 1.165) is 6.42 Å². The van der Waals surface area contributed by atoms with Crippen LogP contribution >= 0.6 is 0 Å².